The highest BCUT2D eigenvalue weighted by atomic mass is 32.2. The van der Waals surface area contributed by atoms with Gasteiger partial charge in [-0.2, -0.15) is 0 Å². The largest absolute Gasteiger partial charge is 0.423 e. The van der Waals surface area contributed by atoms with Crippen molar-refractivity contribution in [2.45, 2.75) is 24.2 Å². The van der Waals surface area contributed by atoms with E-state index >= 15 is 0 Å². The molecule has 2 saturated carbocycles. The molecule has 2 aliphatic carbocycles. The Morgan fingerprint density at radius 2 is 2.13 bits per heavy atom. The Bertz CT molecular complexity index is 843. The van der Waals surface area contributed by atoms with Crippen molar-refractivity contribution < 1.29 is 17.6 Å². The van der Waals surface area contributed by atoms with Crippen LogP contribution in [0.1, 0.15) is 19.3 Å². The minimum Gasteiger partial charge on any atom is -0.423 e. The lowest BCUT2D eigenvalue weighted by atomic mass is 10.2. The van der Waals surface area contributed by atoms with Crippen molar-refractivity contribution in [2.24, 2.45) is 17.8 Å². The zero-order valence-electron chi connectivity index (χ0n) is 12.2. The van der Waals surface area contributed by atoms with E-state index in [1.165, 1.54) is 18.5 Å². The summed E-state index contributed by atoms with van der Waals surface area (Å²) in [5.41, 5.74) is 0.486. The summed E-state index contributed by atoms with van der Waals surface area (Å²) in [6.45, 7) is 0. The van der Waals surface area contributed by atoms with E-state index < -0.39 is 15.9 Å². The first-order valence-corrected chi connectivity index (χ1v) is 8.96. The van der Waals surface area contributed by atoms with Crippen LogP contribution in [0.4, 0.5) is 0 Å². The number of aromatic nitrogens is 2. The average Bonchev–Trinajstić information content (AvgIpc) is 3.43. The number of rotatable bonds is 5. The number of nitrogens with one attached hydrogen (secondary N) is 1. The lowest BCUT2D eigenvalue weighted by Crippen LogP contribution is -2.32. The molecule has 7 nitrogen and oxygen atoms in total. The van der Waals surface area contributed by atoms with Gasteiger partial charge < -0.3 is 4.42 Å². The number of hydrogen-bond donors (Lipinski definition) is 1. The molecule has 23 heavy (non-hydrogen) atoms. The monoisotopic (exact) mass is 333 g/mol. The van der Waals surface area contributed by atoms with Crippen molar-refractivity contribution in [3.8, 4) is 11.5 Å². The summed E-state index contributed by atoms with van der Waals surface area (Å²) in [5.74, 6) is 0.662. The van der Waals surface area contributed by atoms with Crippen LogP contribution in [0.5, 0.6) is 0 Å². The molecule has 0 radical (unpaired) electrons. The van der Waals surface area contributed by atoms with Crippen molar-refractivity contribution in [1.29, 1.82) is 0 Å². The van der Waals surface area contributed by atoms with Gasteiger partial charge in [0.25, 0.3) is 10.0 Å². The molecule has 2 unspecified atom stereocenters. The summed E-state index contributed by atoms with van der Waals surface area (Å²) in [5, 5.41) is 7.31. The summed E-state index contributed by atoms with van der Waals surface area (Å²) in [6.07, 6.45) is 4.29. The highest BCUT2D eigenvalue weighted by Gasteiger charge is 2.51. The van der Waals surface area contributed by atoms with Gasteiger partial charge in [-0.15, -0.1) is 10.2 Å². The van der Waals surface area contributed by atoms with Crippen molar-refractivity contribution in [3.05, 3.63) is 30.7 Å². The number of carbonyl (C=O) groups excluding carboxylic acids is 1. The SMILES string of the molecule is O=C(NS(=O)(=O)c1cccc(-c2nnco2)c1)C1CC1C1CC1. The Morgan fingerprint density at radius 1 is 1.30 bits per heavy atom. The van der Waals surface area contributed by atoms with E-state index in [2.05, 4.69) is 14.9 Å². The van der Waals surface area contributed by atoms with E-state index in [1.807, 2.05) is 0 Å². The molecule has 8 heteroatoms. The Hall–Kier alpha value is -2.22. The quantitative estimate of drug-likeness (QED) is 0.891. The van der Waals surface area contributed by atoms with Gasteiger partial charge >= 0.3 is 0 Å². The number of carbonyl (C=O) groups is 1. The fourth-order valence-corrected chi connectivity index (χ4v) is 4.00. The molecule has 2 aromatic rings. The van der Waals surface area contributed by atoms with Crippen LogP contribution in [0.25, 0.3) is 11.5 Å². The maximum absolute atomic E-state index is 12.4. The third-order valence-corrected chi connectivity index (χ3v) is 5.73. The van der Waals surface area contributed by atoms with Crippen molar-refractivity contribution in [3.63, 3.8) is 0 Å². The van der Waals surface area contributed by atoms with Gasteiger partial charge in [0.15, 0.2) is 0 Å². The third-order valence-electron chi connectivity index (χ3n) is 4.39. The predicted octanol–water partition coefficient (Wildman–Crippen LogP) is 1.59. The first-order chi connectivity index (χ1) is 11.0. The van der Waals surface area contributed by atoms with Gasteiger partial charge in [0.2, 0.25) is 18.2 Å². The molecule has 1 N–H and O–H groups in total. The van der Waals surface area contributed by atoms with Crippen molar-refractivity contribution in [1.82, 2.24) is 14.9 Å². The van der Waals surface area contributed by atoms with E-state index in [9.17, 15) is 13.2 Å². The third kappa shape index (κ3) is 2.86. The summed E-state index contributed by atoms with van der Waals surface area (Å²) < 4.78 is 32.0. The molecule has 1 amide bonds. The normalized spacial score (nSPS) is 23.5. The van der Waals surface area contributed by atoms with E-state index in [4.69, 9.17) is 4.42 Å². The van der Waals surface area contributed by atoms with Gasteiger partial charge in [-0.05, 0) is 49.3 Å². The van der Waals surface area contributed by atoms with Gasteiger partial charge in [0, 0.05) is 11.5 Å². The molecule has 2 aliphatic rings. The van der Waals surface area contributed by atoms with Gasteiger partial charge in [0.05, 0.1) is 4.90 Å². The molecule has 0 aliphatic heterocycles. The molecule has 4 rings (SSSR count). The molecule has 1 heterocycles. The summed E-state index contributed by atoms with van der Waals surface area (Å²) in [4.78, 5) is 12.1. The lowest BCUT2D eigenvalue weighted by Gasteiger charge is -2.07. The van der Waals surface area contributed by atoms with Crippen LogP contribution >= 0.6 is 0 Å². The second-order valence-electron chi connectivity index (χ2n) is 6.08. The van der Waals surface area contributed by atoms with E-state index in [0.717, 1.165) is 19.3 Å². The number of hydrogen-bond acceptors (Lipinski definition) is 6. The number of nitrogens with zero attached hydrogens (tertiary/aromatic N) is 2. The van der Waals surface area contributed by atoms with Crippen LogP contribution in [0.2, 0.25) is 0 Å². The predicted molar refractivity (Wildman–Crippen MR) is 79.4 cm³/mol. The Morgan fingerprint density at radius 3 is 2.83 bits per heavy atom. The molecule has 2 fully saturated rings. The lowest BCUT2D eigenvalue weighted by molar-refractivity contribution is -0.120. The van der Waals surface area contributed by atoms with Gasteiger partial charge in [-0.1, -0.05) is 6.07 Å². The maximum atomic E-state index is 12.4. The highest BCUT2D eigenvalue weighted by molar-refractivity contribution is 7.90. The van der Waals surface area contributed by atoms with E-state index in [-0.39, 0.29) is 16.7 Å². The maximum Gasteiger partial charge on any atom is 0.264 e. The molecule has 0 bridgehead atoms. The Balaban J connectivity index is 1.52. The molecule has 120 valence electrons. The number of benzene rings is 1. The molecule has 0 spiro atoms. The molecule has 1 aromatic carbocycles. The molecule has 0 saturated heterocycles. The van der Waals surface area contributed by atoms with Crippen LogP contribution in [-0.4, -0.2) is 24.5 Å². The Labute approximate surface area is 133 Å². The molecule has 1 aromatic heterocycles. The summed E-state index contributed by atoms with van der Waals surface area (Å²) >= 11 is 0. The van der Waals surface area contributed by atoms with Crippen LogP contribution in [-0.2, 0) is 14.8 Å². The van der Waals surface area contributed by atoms with Crippen molar-refractivity contribution >= 4 is 15.9 Å². The van der Waals surface area contributed by atoms with E-state index in [1.54, 1.807) is 12.1 Å². The average molecular weight is 333 g/mol. The minimum absolute atomic E-state index is 0.00479. The smallest absolute Gasteiger partial charge is 0.264 e. The molecular formula is C15H15N3O4S. The number of amides is 1. The zero-order valence-corrected chi connectivity index (χ0v) is 13.0. The zero-order chi connectivity index (χ0) is 16.0. The second kappa shape index (κ2) is 5.16. The van der Waals surface area contributed by atoms with Crippen LogP contribution in [0.3, 0.4) is 0 Å². The Kier molecular flexibility index (Phi) is 3.22. The number of sulfonamides is 1. The van der Waals surface area contributed by atoms with Gasteiger partial charge in [-0.25, -0.2) is 13.1 Å². The second-order valence-corrected chi connectivity index (χ2v) is 7.77. The first-order valence-electron chi connectivity index (χ1n) is 7.48. The fraction of sp³-hybridized carbons (Fsp3) is 0.400. The molecule has 2 atom stereocenters. The molecular weight excluding hydrogens is 318 g/mol. The van der Waals surface area contributed by atoms with Gasteiger partial charge in [-0.3, -0.25) is 4.79 Å². The fourth-order valence-electron chi connectivity index (χ4n) is 2.92. The van der Waals surface area contributed by atoms with Gasteiger partial charge in [0.1, 0.15) is 0 Å². The van der Waals surface area contributed by atoms with E-state index in [0.29, 0.717) is 17.4 Å². The summed E-state index contributed by atoms with van der Waals surface area (Å²) in [7, 11) is -3.90. The minimum atomic E-state index is -3.90. The van der Waals surface area contributed by atoms with Crippen LogP contribution in [0, 0.1) is 17.8 Å². The topological polar surface area (TPSA) is 102 Å². The van der Waals surface area contributed by atoms with Crippen LogP contribution < -0.4 is 4.72 Å². The first kappa shape index (κ1) is 14.4. The van der Waals surface area contributed by atoms with Crippen LogP contribution in [0.15, 0.2) is 40.0 Å². The standard InChI is InChI=1S/C15H15N3O4S/c19-14(13-7-12(13)9-4-5-9)18-23(20,21)11-3-1-2-10(6-11)15-17-16-8-22-15/h1-3,6,8-9,12-13H,4-5,7H2,(H,18,19). The highest BCUT2D eigenvalue weighted by Crippen LogP contribution is 2.54. The summed E-state index contributed by atoms with van der Waals surface area (Å²) in [6, 6.07) is 6.08. The van der Waals surface area contributed by atoms with Crippen molar-refractivity contribution in [2.75, 3.05) is 0 Å².